The molecule has 0 bridgehead atoms. The Morgan fingerprint density at radius 3 is 2.61 bits per heavy atom. The number of aromatic nitrogens is 2. The fourth-order valence-corrected chi connectivity index (χ4v) is 3.27. The van der Waals surface area contributed by atoms with Crippen molar-refractivity contribution in [3.05, 3.63) is 71.7 Å². The average Bonchev–Trinajstić information content (AvgIpc) is 3.01. The monoisotopic (exact) mass is 389 g/mol. The van der Waals surface area contributed by atoms with Crippen LogP contribution in [0.15, 0.2) is 54.9 Å². The Kier molecular flexibility index (Phi) is 4.80. The Labute approximate surface area is 159 Å². The van der Waals surface area contributed by atoms with Gasteiger partial charge in [-0.15, -0.1) is 0 Å². The zero-order valence-electron chi connectivity index (χ0n) is 14.9. The van der Waals surface area contributed by atoms with E-state index in [1.807, 2.05) is 24.4 Å². The van der Waals surface area contributed by atoms with Crippen molar-refractivity contribution in [2.45, 2.75) is 25.2 Å². The standard InChI is InChI=1S/C20H18F3N3O2/c21-20(22,23)17-6-2-1-5-14(17)10-26(16-12-28-13-16)19(27)9-15-11-25-8-4-3-7-18(25)24-15/h1-8,11,16H,9-10,12-13H2. The van der Waals surface area contributed by atoms with Crippen molar-refractivity contribution in [3.8, 4) is 0 Å². The maximum Gasteiger partial charge on any atom is 0.416 e. The lowest BCUT2D eigenvalue weighted by Crippen LogP contribution is -2.51. The molecular formula is C20H18F3N3O2. The molecule has 28 heavy (non-hydrogen) atoms. The Morgan fingerprint density at radius 1 is 1.18 bits per heavy atom. The highest BCUT2D eigenvalue weighted by molar-refractivity contribution is 5.79. The number of ether oxygens (including phenoxy) is 1. The second kappa shape index (κ2) is 7.27. The van der Waals surface area contributed by atoms with Crippen LogP contribution in [-0.2, 0) is 28.7 Å². The first-order valence-electron chi connectivity index (χ1n) is 8.87. The molecule has 1 aliphatic rings. The van der Waals surface area contributed by atoms with Crippen molar-refractivity contribution in [2.75, 3.05) is 13.2 Å². The number of alkyl halides is 3. The minimum atomic E-state index is -4.47. The molecule has 5 nitrogen and oxygen atoms in total. The fraction of sp³-hybridized carbons (Fsp3) is 0.300. The fourth-order valence-electron chi connectivity index (χ4n) is 3.27. The van der Waals surface area contributed by atoms with E-state index >= 15 is 0 Å². The number of imidazole rings is 1. The largest absolute Gasteiger partial charge is 0.416 e. The summed E-state index contributed by atoms with van der Waals surface area (Å²) in [6.45, 7) is 0.534. The van der Waals surface area contributed by atoms with E-state index in [9.17, 15) is 18.0 Å². The van der Waals surface area contributed by atoms with Gasteiger partial charge >= 0.3 is 6.18 Å². The number of pyridine rings is 1. The first-order valence-corrected chi connectivity index (χ1v) is 8.87. The van der Waals surface area contributed by atoms with Gasteiger partial charge in [0.05, 0.1) is 36.9 Å². The Bertz CT molecular complexity index is 963. The van der Waals surface area contributed by atoms with Crippen molar-refractivity contribution < 1.29 is 22.7 Å². The van der Waals surface area contributed by atoms with Gasteiger partial charge < -0.3 is 14.0 Å². The van der Waals surface area contributed by atoms with Gasteiger partial charge in [-0.3, -0.25) is 4.79 Å². The molecule has 4 rings (SSSR count). The number of halogens is 3. The molecule has 1 amide bonds. The number of rotatable bonds is 5. The first kappa shape index (κ1) is 18.5. The quantitative estimate of drug-likeness (QED) is 0.673. The minimum Gasteiger partial charge on any atom is -0.377 e. The molecule has 0 spiro atoms. The lowest BCUT2D eigenvalue weighted by atomic mass is 10.0. The summed E-state index contributed by atoms with van der Waals surface area (Å²) in [6, 6.07) is 10.6. The number of fused-ring (bicyclic) bond motifs is 1. The SMILES string of the molecule is O=C(Cc1cn2ccccc2n1)N(Cc1ccccc1C(F)(F)F)C1COC1. The van der Waals surface area contributed by atoms with Crippen molar-refractivity contribution in [3.63, 3.8) is 0 Å². The predicted octanol–water partition coefficient (Wildman–Crippen LogP) is 3.32. The van der Waals surface area contributed by atoms with Crippen LogP contribution in [0.25, 0.3) is 5.65 Å². The molecule has 0 saturated carbocycles. The van der Waals surface area contributed by atoms with Crippen molar-refractivity contribution in [1.29, 1.82) is 0 Å². The second-order valence-corrected chi connectivity index (χ2v) is 6.74. The normalized spacial score (nSPS) is 14.8. The van der Waals surface area contributed by atoms with E-state index in [1.54, 1.807) is 16.7 Å². The topological polar surface area (TPSA) is 46.8 Å². The molecule has 3 aromatic rings. The van der Waals surface area contributed by atoms with E-state index in [-0.39, 0.29) is 30.5 Å². The number of nitrogens with zero attached hydrogens (tertiary/aromatic N) is 3. The smallest absolute Gasteiger partial charge is 0.377 e. The van der Waals surface area contributed by atoms with E-state index in [0.717, 1.165) is 6.07 Å². The van der Waals surface area contributed by atoms with Gasteiger partial charge in [-0.25, -0.2) is 4.98 Å². The van der Waals surface area contributed by atoms with Crippen molar-refractivity contribution in [2.24, 2.45) is 0 Å². The van der Waals surface area contributed by atoms with Crippen LogP contribution in [0.3, 0.4) is 0 Å². The zero-order chi connectivity index (χ0) is 19.7. The summed E-state index contributed by atoms with van der Waals surface area (Å²) in [6.07, 6.45) is -0.866. The van der Waals surface area contributed by atoms with Gasteiger partial charge in [0.15, 0.2) is 0 Å². The highest BCUT2D eigenvalue weighted by atomic mass is 19.4. The Hall–Kier alpha value is -2.87. The van der Waals surface area contributed by atoms with Crippen LogP contribution in [0, 0.1) is 0 Å². The van der Waals surface area contributed by atoms with Crippen molar-refractivity contribution in [1.82, 2.24) is 14.3 Å². The number of benzene rings is 1. The third kappa shape index (κ3) is 3.73. The van der Waals surface area contributed by atoms with Crippen LogP contribution in [-0.4, -0.2) is 39.4 Å². The van der Waals surface area contributed by atoms with E-state index in [4.69, 9.17) is 4.74 Å². The number of hydrogen-bond acceptors (Lipinski definition) is 3. The van der Waals surface area contributed by atoms with Gasteiger partial charge in [-0.1, -0.05) is 24.3 Å². The molecule has 0 aliphatic carbocycles. The summed E-state index contributed by atoms with van der Waals surface area (Å²) in [5.74, 6) is -0.270. The molecule has 1 aromatic carbocycles. The molecule has 0 unspecified atom stereocenters. The molecule has 1 aliphatic heterocycles. The number of carbonyl (C=O) groups excluding carboxylic acids is 1. The molecule has 1 fully saturated rings. The lowest BCUT2D eigenvalue weighted by Gasteiger charge is -2.37. The number of amides is 1. The maximum atomic E-state index is 13.3. The average molecular weight is 389 g/mol. The van der Waals surface area contributed by atoms with E-state index in [1.165, 1.54) is 17.0 Å². The maximum absolute atomic E-state index is 13.3. The van der Waals surface area contributed by atoms with E-state index in [0.29, 0.717) is 24.6 Å². The summed E-state index contributed by atoms with van der Waals surface area (Å²) in [5.41, 5.74) is 0.641. The first-order chi connectivity index (χ1) is 13.4. The third-order valence-electron chi connectivity index (χ3n) is 4.79. The molecular weight excluding hydrogens is 371 g/mol. The number of carbonyl (C=O) groups is 1. The van der Waals surface area contributed by atoms with Gasteiger partial charge in [0.1, 0.15) is 5.65 Å². The second-order valence-electron chi connectivity index (χ2n) is 6.74. The highest BCUT2D eigenvalue weighted by Crippen LogP contribution is 2.33. The van der Waals surface area contributed by atoms with E-state index in [2.05, 4.69) is 4.98 Å². The lowest BCUT2D eigenvalue weighted by molar-refractivity contribution is -0.147. The summed E-state index contributed by atoms with van der Waals surface area (Å²) < 4.78 is 46.9. The van der Waals surface area contributed by atoms with Crippen LogP contribution in [0.1, 0.15) is 16.8 Å². The zero-order valence-corrected chi connectivity index (χ0v) is 14.9. The van der Waals surface area contributed by atoms with Crippen LogP contribution < -0.4 is 0 Å². The molecule has 2 aromatic heterocycles. The van der Waals surface area contributed by atoms with Crippen LogP contribution in [0.4, 0.5) is 13.2 Å². The molecule has 1 saturated heterocycles. The van der Waals surface area contributed by atoms with Crippen LogP contribution in [0.2, 0.25) is 0 Å². The molecule has 0 atom stereocenters. The molecule has 8 heteroatoms. The summed E-state index contributed by atoms with van der Waals surface area (Å²) >= 11 is 0. The van der Waals surface area contributed by atoms with Gasteiger partial charge in [0.25, 0.3) is 0 Å². The molecule has 0 radical (unpaired) electrons. The summed E-state index contributed by atoms with van der Waals surface area (Å²) in [7, 11) is 0. The van der Waals surface area contributed by atoms with Gasteiger partial charge in [0, 0.05) is 18.9 Å². The minimum absolute atomic E-state index is 0.0202. The van der Waals surface area contributed by atoms with Crippen molar-refractivity contribution >= 4 is 11.6 Å². The molecule has 146 valence electrons. The molecule has 3 heterocycles. The third-order valence-corrected chi connectivity index (χ3v) is 4.79. The van der Waals surface area contributed by atoms with Crippen LogP contribution in [0.5, 0.6) is 0 Å². The van der Waals surface area contributed by atoms with Gasteiger partial charge in [-0.2, -0.15) is 13.2 Å². The summed E-state index contributed by atoms with van der Waals surface area (Å²) in [5, 5.41) is 0. The molecule has 0 N–H and O–H groups in total. The highest BCUT2D eigenvalue weighted by Gasteiger charge is 2.36. The number of hydrogen-bond donors (Lipinski definition) is 0. The Balaban J connectivity index is 1.57. The van der Waals surface area contributed by atoms with Crippen LogP contribution >= 0.6 is 0 Å². The Morgan fingerprint density at radius 2 is 1.93 bits per heavy atom. The summed E-state index contributed by atoms with van der Waals surface area (Å²) in [4.78, 5) is 18.8. The van der Waals surface area contributed by atoms with Gasteiger partial charge in [-0.05, 0) is 23.8 Å². The predicted molar refractivity (Wildman–Crippen MR) is 95.5 cm³/mol. The van der Waals surface area contributed by atoms with E-state index < -0.39 is 11.7 Å². The van der Waals surface area contributed by atoms with Gasteiger partial charge in [0.2, 0.25) is 5.91 Å².